The summed E-state index contributed by atoms with van der Waals surface area (Å²) in [7, 11) is 0. The first-order chi connectivity index (χ1) is 14.0. The van der Waals surface area contributed by atoms with E-state index >= 15 is 0 Å². The lowest BCUT2D eigenvalue weighted by molar-refractivity contribution is -0.129. The van der Waals surface area contributed by atoms with Gasteiger partial charge in [-0.25, -0.2) is 4.39 Å². The Kier molecular flexibility index (Phi) is 5.62. The van der Waals surface area contributed by atoms with Gasteiger partial charge in [0.25, 0.3) is 0 Å². The molecule has 2 aromatic carbocycles. The predicted octanol–water partition coefficient (Wildman–Crippen LogP) is 3.70. The molecule has 0 radical (unpaired) electrons. The van der Waals surface area contributed by atoms with Crippen molar-refractivity contribution < 1.29 is 9.18 Å². The van der Waals surface area contributed by atoms with E-state index in [0.29, 0.717) is 17.3 Å². The number of hydrogen-bond acceptors (Lipinski definition) is 5. The number of hydrogen-bond donors (Lipinski definition) is 0. The fourth-order valence-electron chi connectivity index (χ4n) is 3.11. The lowest BCUT2D eigenvalue weighted by Gasteiger charge is -2.22. The number of aromatic nitrogens is 4. The summed E-state index contributed by atoms with van der Waals surface area (Å²) in [5, 5.41) is 12.5. The van der Waals surface area contributed by atoms with Crippen LogP contribution in [0.4, 0.5) is 4.39 Å². The Balaban J connectivity index is 1.46. The van der Waals surface area contributed by atoms with Crippen LogP contribution in [-0.4, -0.2) is 42.8 Å². The number of nitrogens with zero attached hydrogens (tertiary/aromatic N) is 5. The van der Waals surface area contributed by atoms with Gasteiger partial charge in [-0.05, 0) is 66.4 Å². The Bertz CT molecular complexity index is 1030. The van der Waals surface area contributed by atoms with Crippen molar-refractivity contribution in [1.29, 1.82) is 0 Å². The Morgan fingerprint density at radius 3 is 2.72 bits per heavy atom. The average Bonchev–Trinajstić information content (AvgIpc) is 3.44. The molecule has 1 saturated carbocycles. The van der Waals surface area contributed by atoms with Crippen molar-refractivity contribution in [2.45, 2.75) is 44.4 Å². The Morgan fingerprint density at radius 2 is 2.00 bits per heavy atom. The third kappa shape index (κ3) is 4.48. The molecular formula is C21H22FN5OS. The second kappa shape index (κ2) is 8.32. The fraction of sp³-hybridized carbons (Fsp3) is 0.333. The molecule has 1 aliphatic carbocycles. The largest absolute Gasteiger partial charge is 0.335 e. The number of benzene rings is 2. The molecule has 8 heteroatoms. The molecule has 4 rings (SSSR count). The van der Waals surface area contributed by atoms with Gasteiger partial charge in [0.15, 0.2) is 0 Å². The van der Waals surface area contributed by atoms with Crippen LogP contribution in [0.5, 0.6) is 0 Å². The molecule has 1 aliphatic rings. The van der Waals surface area contributed by atoms with Crippen LogP contribution in [0.3, 0.4) is 0 Å². The van der Waals surface area contributed by atoms with Crippen LogP contribution in [0.1, 0.15) is 29.5 Å². The number of halogens is 1. The van der Waals surface area contributed by atoms with E-state index < -0.39 is 0 Å². The predicted molar refractivity (Wildman–Crippen MR) is 109 cm³/mol. The molecular weight excluding hydrogens is 389 g/mol. The second-order valence-corrected chi connectivity index (χ2v) is 8.22. The van der Waals surface area contributed by atoms with Gasteiger partial charge >= 0.3 is 0 Å². The minimum atomic E-state index is -0.280. The summed E-state index contributed by atoms with van der Waals surface area (Å²) in [6.07, 6.45) is 1.93. The Morgan fingerprint density at radius 1 is 1.21 bits per heavy atom. The number of carbonyl (C=O) groups is 1. The van der Waals surface area contributed by atoms with Crippen molar-refractivity contribution in [2.24, 2.45) is 0 Å². The molecule has 0 atom stereocenters. The molecule has 0 bridgehead atoms. The highest BCUT2D eigenvalue weighted by Crippen LogP contribution is 2.30. The van der Waals surface area contributed by atoms with Gasteiger partial charge in [-0.15, -0.1) is 5.10 Å². The third-order valence-corrected chi connectivity index (χ3v) is 6.01. The molecule has 1 amide bonds. The lowest BCUT2D eigenvalue weighted by atomic mass is 10.1. The fourth-order valence-corrected chi connectivity index (χ4v) is 3.89. The normalized spacial score (nSPS) is 13.5. The van der Waals surface area contributed by atoms with Crippen LogP contribution in [0, 0.1) is 19.7 Å². The molecule has 0 spiro atoms. The maximum Gasteiger partial charge on any atom is 0.233 e. The van der Waals surface area contributed by atoms with Gasteiger partial charge in [-0.1, -0.05) is 36.0 Å². The van der Waals surface area contributed by atoms with Crippen molar-refractivity contribution in [3.8, 4) is 5.69 Å². The van der Waals surface area contributed by atoms with Crippen LogP contribution < -0.4 is 0 Å². The summed E-state index contributed by atoms with van der Waals surface area (Å²) in [4.78, 5) is 14.7. The number of aryl methyl sites for hydroxylation is 2. The minimum Gasteiger partial charge on any atom is -0.335 e. The van der Waals surface area contributed by atoms with Gasteiger partial charge in [0.2, 0.25) is 11.1 Å². The maximum atomic E-state index is 14.0. The van der Waals surface area contributed by atoms with Crippen LogP contribution in [0.25, 0.3) is 5.69 Å². The van der Waals surface area contributed by atoms with E-state index in [1.807, 2.05) is 25.1 Å². The van der Waals surface area contributed by atoms with Crippen molar-refractivity contribution >= 4 is 17.7 Å². The van der Waals surface area contributed by atoms with Crippen molar-refractivity contribution in [3.05, 3.63) is 65.0 Å². The second-order valence-electron chi connectivity index (χ2n) is 7.27. The van der Waals surface area contributed by atoms with Gasteiger partial charge < -0.3 is 4.90 Å². The monoisotopic (exact) mass is 411 g/mol. The van der Waals surface area contributed by atoms with Gasteiger partial charge in [-0.2, -0.15) is 4.68 Å². The maximum absolute atomic E-state index is 14.0. The van der Waals surface area contributed by atoms with Crippen LogP contribution in [-0.2, 0) is 11.3 Å². The van der Waals surface area contributed by atoms with E-state index in [1.165, 1.54) is 23.4 Å². The summed E-state index contributed by atoms with van der Waals surface area (Å²) in [6, 6.07) is 12.8. The quantitative estimate of drug-likeness (QED) is 0.555. The van der Waals surface area contributed by atoms with Gasteiger partial charge in [0.05, 0.1) is 11.4 Å². The highest BCUT2D eigenvalue weighted by molar-refractivity contribution is 7.99. The first-order valence-electron chi connectivity index (χ1n) is 9.54. The third-order valence-electron chi connectivity index (χ3n) is 5.11. The molecule has 0 aliphatic heterocycles. The molecule has 29 heavy (non-hydrogen) atoms. The smallest absolute Gasteiger partial charge is 0.233 e. The summed E-state index contributed by atoms with van der Waals surface area (Å²) in [5.74, 6) is -0.108. The van der Waals surface area contributed by atoms with E-state index in [4.69, 9.17) is 0 Å². The lowest BCUT2D eigenvalue weighted by Crippen LogP contribution is -2.34. The standard InChI is InChI=1S/C21H22FN5OS/c1-14-7-8-18(11-15(14)2)27-21(23-24-25-27)29-13-20(28)26(17-9-10-17)12-16-5-3-4-6-19(16)22/h3-8,11,17H,9-10,12-13H2,1-2H3. The van der Waals surface area contributed by atoms with E-state index in [0.717, 1.165) is 24.1 Å². The highest BCUT2D eigenvalue weighted by Gasteiger charge is 2.33. The zero-order valence-electron chi connectivity index (χ0n) is 16.4. The summed E-state index contributed by atoms with van der Waals surface area (Å²) >= 11 is 1.30. The number of amides is 1. The molecule has 1 fully saturated rings. The van der Waals surface area contributed by atoms with Crippen molar-refractivity contribution in [3.63, 3.8) is 0 Å². The summed E-state index contributed by atoms with van der Waals surface area (Å²) in [5.41, 5.74) is 3.74. The van der Waals surface area contributed by atoms with Crippen molar-refractivity contribution in [1.82, 2.24) is 25.1 Å². The molecule has 0 unspecified atom stereocenters. The molecule has 3 aromatic rings. The van der Waals surface area contributed by atoms with E-state index in [-0.39, 0.29) is 23.5 Å². The van der Waals surface area contributed by atoms with Gasteiger partial charge in [0, 0.05) is 18.2 Å². The topological polar surface area (TPSA) is 63.9 Å². The molecule has 6 nitrogen and oxygen atoms in total. The Labute approximate surface area is 173 Å². The first-order valence-corrected chi connectivity index (χ1v) is 10.5. The number of tetrazole rings is 1. The van der Waals surface area contributed by atoms with Gasteiger partial charge in [0.1, 0.15) is 5.82 Å². The molecule has 1 heterocycles. The van der Waals surface area contributed by atoms with Crippen LogP contribution in [0.2, 0.25) is 0 Å². The highest BCUT2D eigenvalue weighted by atomic mass is 32.2. The number of thioether (sulfide) groups is 1. The average molecular weight is 412 g/mol. The molecule has 1 aromatic heterocycles. The number of carbonyl (C=O) groups excluding carboxylic acids is 1. The minimum absolute atomic E-state index is 0.0320. The summed E-state index contributed by atoms with van der Waals surface area (Å²) in [6.45, 7) is 4.38. The van der Waals surface area contributed by atoms with E-state index in [1.54, 1.807) is 27.8 Å². The number of rotatable bonds is 7. The summed E-state index contributed by atoms with van der Waals surface area (Å²) < 4.78 is 15.7. The first kappa shape index (κ1) is 19.6. The zero-order valence-corrected chi connectivity index (χ0v) is 17.2. The van der Waals surface area contributed by atoms with Gasteiger partial charge in [-0.3, -0.25) is 4.79 Å². The molecule has 0 N–H and O–H groups in total. The SMILES string of the molecule is Cc1ccc(-n2nnnc2SCC(=O)N(Cc2ccccc2F)C2CC2)cc1C. The van der Waals surface area contributed by atoms with Crippen molar-refractivity contribution in [2.75, 3.05) is 5.75 Å². The van der Waals surface area contributed by atoms with E-state index in [9.17, 15) is 9.18 Å². The van der Waals surface area contributed by atoms with Crippen LogP contribution in [0.15, 0.2) is 47.6 Å². The zero-order chi connectivity index (χ0) is 20.4. The molecule has 150 valence electrons. The van der Waals surface area contributed by atoms with E-state index in [2.05, 4.69) is 22.4 Å². The Hall–Kier alpha value is -2.74. The molecule has 0 saturated heterocycles. The van der Waals surface area contributed by atoms with Crippen LogP contribution >= 0.6 is 11.8 Å².